The van der Waals surface area contributed by atoms with E-state index in [0.29, 0.717) is 17.7 Å². The van der Waals surface area contributed by atoms with Crippen molar-refractivity contribution in [1.29, 1.82) is 0 Å². The molecule has 0 aliphatic rings. The number of methoxy groups -OCH3 is 1. The van der Waals surface area contributed by atoms with Gasteiger partial charge in [0.05, 0.1) is 19.0 Å². The Labute approximate surface area is 118 Å². The monoisotopic (exact) mass is 273 g/mol. The Balaban J connectivity index is 2.11. The average Bonchev–Trinajstić information content (AvgIpc) is 2.46. The summed E-state index contributed by atoms with van der Waals surface area (Å²) in [6.45, 7) is 5.05. The molecule has 6 nitrogen and oxygen atoms in total. The van der Waals surface area contributed by atoms with Gasteiger partial charge in [-0.25, -0.2) is 0 Å². The topological polar surface area (TPSA) is 72.0 Å². The zero-order valence-electron chi connectivity index (χ0n) is 11.9. The van der Waals surface area contributed by atoms with E-state index >= 15 is 0 Å². The molecule has 1 heterocycles. The van der Waals surface area contributed by atoms with Gasteiger partial charge in [0.25, 0.3) is 0 Å². The van der Waals surface area contributed by atoms with Crippen LogP contribution >= 0.6 is 0 Å². The summed E-state index contributed by atoms with van der Waals surface area (Å²) in [5, 5.41) is 14.2. The minimum atomic E-state index is 0.513. The van der Waals surface area contributed by atoms with Gasteiger partial charge in [0, 0.05) is 6.54 Å². The van der Waals surface area contributed by atoms with Crippen molar-refractivity contribution < 1.29 is 4.74 Å². The number of para-hydroxylation sites is 2. The van der Waals surface area contributed by atoms with E-state index in [4.69, 9.17) is 4.74 Å². The van der Waals surface area contributed by atoms with Gasteiger partial charge in [0.1, 0.15) is 5.75 Å². The van der Waals surface area contributed by atoms with Crippen LogP contribution in [0.25, 0.3) is 0 Å². The second kappa shape index (κ2) is 6.70. The van der Waals surface area contributed by atoms with Gasteiger partial charge in [-0.3, -0.25) is 0 Å². The smallest absolute Gasteiger partial charge is 0.244 e. The van der Waals surface area contributed by atoms with Crippen LogP contribution in [0.4, 0.5) is 17.5 Å². The molecule has 2 aromatic rings. The van der Waals surface area contributed by atoms with Crippen LogP contribution < -0.4 is 15.4 Å². The van der Waals surface area contributed by atoms with Crippen molar-refractivity contribution >= 4 is 17.5 Å². The van der Waals surface area contributed by atoms with Crippen molar-refractivity contribution in [3.05, 3.63) is 30.5 Å². The van der Waals surface area contributed by atoms with Gasteiger partial charge in [0.15, 0.2) is 5.82 Å². The highest BCUT2D eigenvalue weighted by Crippen LogP contribution is 2.25. The van der Waals surface area contributed by atoms with E-state index in [0.717, 1.165) is 18.0 Å². The second-order valence-corrected chi connectivity index (χ2v) is 4.77. The molecule has 0 aliphatic heterocycles. The van der Waals surface area contributed by atoms with Gasteiger partial charge in [-0.05, 0) is 18.1 Å². The molecule has 0 amide bonds. The van der Waals surface area contributed by atoms with Crippen molar-refractivity contribution in [2.24, 2.45) is 5.92 Å². The van der Waals surface area contributed by atoms with Crippen LogP contribution in [0.5, 0.6) is 5.75 Å². The number of benzene rings is 1. The summed E-state index contributed by atoms with van der Waals surface area (Å²) in [5.74, 6) is 2.40. The second-order valence-electron chi connectivity index (χ2n) is 4.77. The molecule has 2 N–H and O–H groups in total. The molecule has 0 fully saturated rings. The van der Waals surface area contributed by atoms with Gasteiger partial charge in [-0.15, -0.1) is 5.10 Å². The molecule has 0 atom stereocenters. The largest absolute Gasteiger partial charge is 0.495 e. The van der Waals surface area contributed by atoms with E-state index in [1.54, 1.807) is 13.3 Å². The summed E-state index contributed by atoms with van der Waals surface area (Å²) in [7, 11) is 1.63. The van der Waals surface area contributed by atoms with Crippen molar-refractivity contribution in [3.63, 3.8) is 0 Å². The third-order valence-corrected chi connectivity index (χ3v) is 2.60. The molecule has 0 saturated heterocycles. The maximum atomic E-state index is 5.28. The molecule has 0 unspecified atom stereocenters. The Hall–Kier alpha value is -2.37. The lowest BCUT2D eigenvalue weighted by atomic mass is 10.2. The van der Waals surface area contributed by atoms with Crippen LogP contribution in [0.15, 0.2) is 30.5 Å². The first-order valence-corrected chi connectivity index (χ1v) is 6.52. The normalized spacial score (nSPS) is 10.4. The SMILES string of the molecule is COc1ccccc1Nc1cnnc(NCC(C)C)n1. The molecule has 20 heavy (non-hydrogen) atoms. The van der Waals surface area contributed by atoms with Gasteiger partial charge in [0.2, 0.25) is 5.95 Å². The average molecular weight is 273 g/mol. The fraction of sp³-hybridized carbons (Fsp3) is 0.357. The maximum absolute atomic E-state index is 5.28. The number of nitrogens with one attached hydrogen (secondary N) is 2. The van der Waals surface area contributed by atoms with Crippen molar-refractivity contribution in [1.82, 2.24) is 15.2 Å². The predicted molar refractivity (Wildman–Crippen MR) is 79.4 cm³/mol. The van der Waals surface area contributed by atoms with Crippen LogP contribution in [0.3, 0.4) is 0 Å². The lowest BCUT2D eigenvalue weighted by Crippen LogP contribution is -2.11. The molecular formula is C14H19N5O. The maximum Gasteiger partial charge on any atom is 0.244 e. The molecule has 2 rings (SSSR count). The highest BCUT2D eigenvalue weighted by Gasteiger charge is 2.05. The number of aromatic nitrogens is 3. The number of hydrogen-bond donors (Lipinski definition) is 2. The molecule has 1 aromatic heterocycles. The van der Waals surface area contributed by atoms with E-state index in [2.05, 4.69) is 39.7 Å². The first-order valence-electron chi connectivity index (χ1n) is 6.52. The molecule has 0 radical (unpaired) electrons. The third-order valence-electron chi connectivity index (χ3n) is 2.60. The Kier molecular flexibility index (Phi) is 4.70. The first kappa shape index (κ1) is 14.0. The fourth-order valence-electron chi connectivity index (χ4n) is 1.62. The Morgan fingerprint density at radius 3 is 2.80 bits per heavy atom. The molecule has 0 bridgehead atoms. The predicted octanol–water partition coefficient (Wildman–Crippen LogP) is 2.69. The lowest BCUT2D eigenvalue weighted by molar-refractivity contribution is 0.417. The van der Waals surface area contributed by atoms with Crippen molar-refractivity contribution in [2.75, 3.05) is 24.3 Å². The molecule has 6 heteroatoms. The number of anilines is 3. The Bertz CT molecular complexity index is 559. The number of ether oxygens (including phenoxy) is 1. The van der Waals surface area contributed by atoms with E-state index in [-0.39, 0.29) is 0 Å². The van der Waals surface area contributed by atoms with Gasteiger partial charge in [-0.2, -0.15) is 10.1 Å². The van der Waals surface area contributed by atoms with Crippen LogP contribution in [0, 0.1) is 5.92 Å². The summed E-state index contributed by atoms with van der Waals surface area (Å²) in [6.07, 6.45) is 1.58. The fourth-order valence-corrected chi connectivity index (χ4v) is 1.62. The minimum absolute atomic E-state index is 0.513. The summed E-state index contributed by atoms with van der Waals surface area (Å²) in [6, 6.07) is 7.65. The zero-order chi connectivity index (χ0) is 14.4. The Morgan fingerprint density at radius 2 is 2.05 bits per heavy atom. The quantitative estimate of drug-likeness (QED) is 0.843. The van der Waals surface area contributed by atoms with Gasteiger partial charge >= 0.3 is 0 Å². The first-order chi connectivity index (χ1) is 9.69. The van der Waals surface area contributed by atoms with Crippen LogP contribution in [-0.4, -0.2) is 28.8 Å². The van der Waals surface area contributed by atoms with Crippen molar-refractivity contribution in [2.45, 2.75) is 13.8 Å². The zero-order valence-corrected chi connectivity index (χ0v) is 11.9. The van der Waals surface area contributed by atoms with E-state index in [1.807, 2.05) is 24.3 Å². The minimum Gasteiger partial charge on any atom is -0.495 e. The Morgan fingerprint density at radius 1 is 1.25 bits per heavy atom. The van der Waals surface area contributed by atoms with Crippen LogP contribution in [-0.2, 0) is 0 Å². The van der Waals surface area contributed by atoms with E-state index in [1.165, 1.54) is 0 Å². The summed E-state index contributed by atoms with van der Waals surface area (Å²) in [4.78, 5) is 4.36. The summed E-state index contributed by atoms with van der Waals surface area (Å²) >= 11 is 0. The number of rotatable bonds is 6. The molecule has 1 aromatic carbocycles. The molecule has 0 spiro atoms. The van der Waals surface area contributed by atoms with E-state index in [9.17, 15) is 0 Å². The third kappa shape index (κ3) is 3.81. The van der Waals surface area contributed by atoms with Crippen LogP contribution in [0.1, 0.15) is 13.8 Å². The summed E-state index contributed by atoms with van der Waals surface area (Å²) in [5.41, 5.74) is 0.838. The molecule has 106 valence electrons. The number of nitrogens with zero attached hydrogens (tertiary/aromatic N) is 3. The highest BCUT2D eigenvalue weighted by atomic mass is 16.5. The standard InChI is InChI=1S/C14H19N5O/c1-10(2)8-15-14-18-13(9-16-19-14)17-11-6-4-5-7-12(11)20-3/h4-7,9-10H,8H2,1-3H3,(H2,15,17,18,19). The number of hydrogen-bond acceptors (Lipinski definition) is 6. The molecule has 0 saturated carbocycles. The van der Waals surface area contributed by atoms with Crippen molar-refractivity contribution in [3.8, 4) is 5.75 Å². The molecular weight excluding hydrogens is 254 g/mol. The summed E-state index contributed by atoms with van der Waals surface area (Å²) < 4.78 is 5.28. The van der Waals surface area contributed by atoms with E-state index < -0.39 is 0 Å². The highest BCUT2D eigenvalue weighted by molar-refractivity contribution is 5.63. The lowest BCUT2D eigenvalue weighted by Gasteiger charge is -2.11. The molecule has 0 aliphatic carbocycles. The van der Waals surface area contributed by atoms with Gasteiger partial charge in [-0.1, -0.05) is 26.0 Å². The van der Waals surface area contributed by atoms with Gasteiger partial charge < -0.3 is 15.4 Å². The van der Waals surface area contributed by atoms with Crippen LogP contribution in [0.2, 0.25) is 0 Å².